The average Bonchev–Trinajstić information content (AvgIpc) is 2.43. The van der Waals surface area contributed by atoms with E-state index in [0.717, 1.165) is 31.6 Å². The number of hydrogen-bond acceptors (Lipinski definition) is 2. The van der Waals surface area contributed by atoms with Gasteiger partial charge in [-0.1, -0.05) is 19.1 Å². The molecule has 0 radical (unpaired) electrons. The van der Waals surface area contributed by atoms with Crippen LogP contribution in [0.5, 0.6) is 0 Å². The molecule has 2 atom stereocenters. The lowest BCUT2D eigenvalue weighted by Crippen LogP contribution is -2.28. The van der Waals surface area contributed by atoms with E-state index >= 15 is 0 Å². The van der Waals surface area contributed by atoms with Gasteiger partial charge in [0, 0.05) is 12.6 Å². The Kier molecular flexibility index (Phi) is 5.34. The molecule has 0 saturated carbocycles. The van der Waals surface area contributed by atoms with E-state index in [1.807, 2.05) is 19.1 Å². The maximum Gasteiger partial charge on any atom is 0.126 e. The lowest BCUT2D eigenvalue weighted by atomic mass is 9.95. The van der Waals surface area contributed by atoms with Gasteiger partial charge in [0.1, 0.15) is 5.82 Å². The van der Waals surface area contributed by atoms with Crippen molar-refractivity contribution < 1.29 is 9.13 Å². The zero-order valence-electron chi connectivity index (χ0n) is 11.9. The van der Waals surface area contributed by atoms with Crippen LogP contribution in [0, 0.1) is 12.7 Å². The van der Waals surface area contributed by atoms with E-state index in [1.165, 1.54) is 12.8 Å². The van der Waals surface area contributed by atoms with Crippen LogP contribution in [0.3, 0.4) is 0 Å². The van der Waals surface area contributed by atoms with E-state index in [1.54, 1.807) is 6.07 Å². The Hall–Kier alpha value is -0.930. The summed E-state index contributed by atoms with van der Waals surface area (Å²) in [6.07, 6.45) is 4.88. The molecule has 0 aliphatic carbocycles. The quantitative estimate of drug-likeness (QED) is 0.875. The number of hydrogen-bond donors (Lipinski definition) is 1. The van der Waals surface area contributed by atoms with E-state index in [4.69, 9.17) is 4.74 Å². The predicted molar refractivity (Wildman–Crippen MR) is 75.8 cm³/mol. The largest absolute Gasteiger partial charge is 0.378 e. The van der Waals surface area contributed by atoms with E-state index in [2.05, 4.69) is 12.2 Å². The molecule has 2 rings (SSSR count). The standard InChI is InChI=1S/C16H24FNO/c1-3-18-16(11-14-6-4-5-9-19-14)13-7-8-15(17)12(2)10-13/h7-8,10,14,16,18H,3-6,9,11H2,1-2H3. The molecule has 0 amide bonds. The molecule has 0 bridgehead atoms. The lowest BCUT2D eigenvalue weighted by molar-refractivity contribution is 0.00513. The molecule has 0 spiro atoms. The van der Waals surface area contributed by atoms with Crippen LogP contribution in [0.2, 0.25) is 0 Å². The van der Waals surface area contributed by atoms with Crippen LogP contribution in [0.4, 0.5) is 4.39 Å². The van der Waals surface area contributed by atoms with Gasteiger partial charge in [0.25, 0.3) is 0 Å². The molecule has 1 heterocycles. The number of nitrogens with one attached hydrogen (secondary N) is 1. The van der Waals surface area contributed by atoms with Gasteiger partial charge in [0.05, 0.1) is 6.10 Å². The molecule has 19 heavy (non-hydrogen) atoms. The number of benzene rings is 1. The van der Waals surface area contributed by atoms with Crippen molar-refractivity contribution in [2.24, 2.45) is 0 Å². The summed E-state index contributed by atoms with van der Waals surface area (Å²) in [5.74, 6) is -0.132. The fourth-order valence-corrected chi connectivity index (χ4v) is 2.72. The molecule has 2 nitrogen and oxygen atoms in total. The average molecular weight is 265 g/mol. The SMILES string of the molecule is CCNC(CC1CCCCO1)c1ccc(F)c(C)c1. The molecule has 1 fully saturated rings. The third-order valence-corrected chi connectivity index (χ3v) is 3.81. The van der Waals surface area contributed by atoms with Crippen LogP contribution < -0.4 is 5.32 Å². The number of aryl methyl sites for hydroxylation is 1. The zero-order valence-corrected chi connectivity index (χ0v) is 11.9. The molecular weight excluding hydrogens is 241 g/mol. The molecule has 1 aromatic rings. The third-order valence-electron chi connectivity index (χ3n) is 3.81. The molecule has 1 N–H and O–H groups in total. The highest BCUT2D eigenvalue weighted by atomic mass is 19.1. The highest BCUT2D eigenvalue weighted by Crippen LogP contribution is 2.26. The fourth-order valence-electron chi connectivity index (χ4n) is 2.72. The normalized spacial score (nSPS) is 21.3. The molecular formula is C16H24FNO. The third kappa shape index (κ3) is 4.02. The minimum absolute atomic E-state index is 0.132. The van der Waals surface area contributed by atoms with Gasteiger partial charge in [-0.25, -0.2) is 4.39 Å². The van der Waals surface area contributed by atoms with Crippen LogP contribution in [-0.2, 0) is 4.74 Å². The lowest BCUT2D eigenvalue weighted by Gasteiger charge is -2.28. The molecule has 106 valence electrons. The summed E-state index contributed by atoms with van der Waals surface area (Å²) >= 11 is 0. The van der Waals surface area contributed by atoms with Gasteiger partial charge < -0.3 is 10.1 Å². The Morgan fingerprint density at radius 1 is 1.42 bits per heavy atom. The second kappa shape index (κ2) is 7.01. The smallest absolute Gasteiger partial charge is 0.126 e. The summed E-state index contributed by atoms with van der Waals surface area (Å²) < 4.78 is 19.2. The zero-order chi connectivity index (χ0) is 13.7. The molecule has 1 saturated heterocycles. The monoisotopic (exact) mass is 265 g/mol. The van der Waals surface area contributed by atoms with Gasteiger partial charge in [-0.15, -0.1) is 0 Å². The van der Waals surface area contributed by atoms with Gasteiger partial charge >= 0.3 is 0 Å². The maximum atomic E-state index is 13.4. The van der Waals surface area contributed by atoms with Gasteiger partial charge in [-0.2, -0.15) is 0 Å². The van der Waals surface area contributed by atoms with Crippen molar-refractivity contribution in [1.29, 1.82) is 0 Å². The Labute approximate surface area is 115 Å². The van der Waals surface area contributed by atoms with Crippen LogP contribution >= 0.6 is 0 Å². The summed E-state index contributed by atoms with van der Waals surface area (Å²) in [5, 5.41) is 3.49. The number of halogens is 1. The van der Waals surface area contributed by atoms with Gasteiger partial charge in [-0.05, 0) is 56.3 Å². The van der Waals surface area contributed by atoms with E-state index in [0.29, 0.717) is 11.7 Å². The summed E-state index contributed by atoms with van der Waals surface area (Å²) in [6.45, 7) is 5.71. The second-order valence-electron chi connectivity index (χ2n) is 5.34. The minimum Gasteiger partial charge on any atom is -0.378 e. The Balaban J connectivity index is 2.07. The molecule has 3 heteroatoms. The Bertz CT molecular complexity index is 402. The van der Waals surface area contributed by atoms with Crippen LogP contribution in [0.25, 0.3) is 0 Å². The number of rotatable bonds is 5. The van der Waals surface area contributed by atoms with Gasteiger partial charge in [0.15, 0.2) is 0 Å². The first-order valence-electron chi connectivity index (χ1n) is 7.31. The first-order chi connectivity index (χ1) is 9.20. The van der Waals surface area contributed by atoms with Crippen molar-refractivity contribution in [2.45, 2.75) is 51.7 Å². The summed E-state index contributed by atoms with van der Waals surface area (Å²) in [4.78, 5) is 0. The van der Waals surface area contributed by atoms with E-state index < -0.39 is 0 Å². The number of ether oxygens (including phenoxy) is 1. The molecule has 1 aliphatic heterocycles. The summed E-state index contributed by atoms with van der Waals surface area (Å²) in [6, 6.07) is 5.66. The van der Waals surface area contributed by atoms with Crippen molar-refractivity contribution in [3.63, 3.8) is 0 Å². The first kappa shape index (κ1) is 14.5. The van der Waals surface area contributed by atoms with Crippen molar-refractivity contribution in [3.8, 4) is 0 Å². The molecule has 2 unspecified atom stereocenters. The topological polar surface area (TPSA) is 21.3 Å². The maximum absolute atomic E-state index is 13.4. The second-order valence-corrected chi connectivity index (χ2v) is 5.34. The molecule has 1 aliphatic rings. The van der Waals surface area contributed by atoms with Crippen molar-refractivity contribution in [1.82, 2.24) is 5.32 Å². The summed E-state index contributed by atoms with van der Waals surface area (Å²) in [7, 11) is 0. The summed E-state index contributed by atoms with van der Waals surface area (Å²) in [5.41, 5.74) is 1.87. The van der Waals surface area contributed by atoms with Crippen LogP contribution in [0.1, 0.15) is 49.8 Å². The fraction of sp³-hybridized carbons (Fsp3) is 0.625. The van der Waals surface area contributed by atoms with Crippen molar-refractivity contribution in [3.05, 3.63) is 35.1 Å². The Morgan fingerprint density at radius 3 is 2.89 bits per heavy atom. The van der Waals surface area contributed by atoms with Crippen molar-refractivity contribution >= 4 is 0 Å². The predicted octanol–water partition coefficient (Wildman–Crippen LogP) is 3.74. The van der Waals surface area contributed by atoms with E-state index in [9.17, 15) is 4.39 Å². The highest BCUT2D eigenvalue weighted by molar-refractivity contribution is 5.26. The van der Waals surface area contributed by atoms with Crippen LogP contribution in [0.15, 0.2) is 18.2 Å². The Morgan fingerprint density at radius 2 is 2.26 bits per heavy atom. The van der Waals surface area contributed by atoms with E-state index in [-0.39, 0.29) is 11.9 Å². The van der Waals surface area contributed by atoms with Gasteiger partial charge in [0.2, 0.25) is 0 Å². The molecule has 1 aromatic carbocycles. The highest BCUT2D eigenvalue weighted by Gasteiger charge is 2.20. The first-order valence-corrected chi connectivity index (χ1v) is 7.31. The molecule has 0 aromatic heterocycles. The van der Waals surface area contributed by atoms with Crippen molar-refractivity contribution in [2.75, 3.05) is 13.2 Å². The van der Waals surface area contributed by atoms with Gasteiger partial charge in [-0.3, -0.25) is 0 Å². The minimum atomic E-state index is -0.132. The van der Waals surface area contributed by atoms with Crippen LogP contribution in [-0.4, -0.2) is 19.3 Å².